The number of H-pyrrole nitrogens is 1. The highest BCUT2D eigenvalue weighted by atomic mass is 19.1. The van der Waals surface area contributed by atoms with E-state index >= 15 is 4.39 Å². The van der Waals surface area contributed by atoms with E-state index in [-0.39, 0.29) is 29.9 Å². The van der Waals surface area contributed by atoms with Crippen molar-refractivity contribution in [2.75, 3.05) is 34.3 Å². The van der Waals surface area contributed by atoms with Crippen molar-refractivity contribution in [2.45, 2.75) is 43.4 Å². The number of rotatable bonds is 6. The van der Waals surface area contributed by atoms with Crippen LogP contribution in [0.5, 0.6) is 0 Å². The van der Waals surface area contributed by atoms with E-state index in [9.17, 15) is 4.79 Å². The number of hydrogen-bond acceptors (Lipinski definition) is 5. The Labute approximate surface area is 200 Å². The van der Waals surface area contributed by atoms with Gasteiger partial charge in [0.1, 0.15) is 11.9 Å². The number of nitrogens with zero attached hydrogens (tertiary/aromatic N) is 2. The first-order valence-electron chi connectivity index (χ1n) is 12.0. The molecule has 0 amide bonds. The number of methoxy groups -OCH3 is 1. The molecule has 1 saturated heterocycles. The van der Waals surface area contributed by atoms with E-state index in [0.29, 0.717) is 12.0 Å². The summed E-state index contributed by atoms with van der Waals surface area (Å²) in [4.78, 5) is 21.1. The largest absolute Gasteiger partial charge is 0.468 e. The molecule has 0 spiro atoms. The highest BCUT2D eigenvalue weighted by molar-refractivity contribution is 5.87. The lowest BCUT2D eigenvalue weighted by Crippen LogP contribution is -2.56. The molecular formula is C27H33FN4O2. The van der Waals surface area contributed by atoms with Crippen molar-refractivity contribution in [2.24, 2.45) is 0 Å². The third kappa shape index (κ3) is 4.13. The highest BCUT2D eigenvalue weighted by Crippen LogP contribution is 2.49. The topological polar surface area (TPSA) is 60.6 Å². The SMILES string of the molecule is COC(=O)C1Cc2c([nH]c3ccccc23)C2CC(NCCN(C)C)CC(c3ccccc3F)N12. The van der Waals surface area contributed by atoms with Crippen molar-refractivity contribution in [1.29, 1.82) is 0 Å². The molecule has 7 heteroatoms. The maximum Gasteiger partial charge on any atom is 0.323 e. The molecule has 6 nitrogen and oxygen atoms in total. The van der Waals surface area contributed by atoms with Crippen LogP contribution in [0.4, 0.5) is 4.39 Å². The van der Waals surface area contributed by atoms with Gasteiger partial charge in [-0.25, -0.2) is 4.39 Å². The van der Waals surface area contributed by atoms with Crippen LogP contribution in [0.15, 0.2) is 48.5 Å². The van der Waals surface area contributed by atoms with Crippen molar-refractivity contribution in [1.82, 2.24) is 20.1 Å². The number of likely N-dealkylation sites (N-methyl/N-ethyl adjacent to an activating group) is 1. The zero-order valence-electron chi connectivity index (χ0n) is 20.1. The molecule has 5 rings (SSSR count). The van der Waals surface area contributed by atoms with Crippen LogP contribution in [0.2, 0.25) is 0 Å². The first-order valence-corrected chi connectivity index (χ1v) is 12.0. The summed E-state index contributed by atoms with van der Waals surface area (Å²) in [6, 6.07) is 14.7. The zero-order valence-corrected chi connectivity index (χ0v) is 20.1. The molecule has 0 saturated carbocycles. The fourth-order valence-corrected chi connectivity index (χ4v) is 5.85. The Balaban J connectivity index is 1.61. The number of ether oxygens (including phenoxy) is 1. The van der Waals surface area contributed by atoms with Gasteiger partial charge in [-0.05, 0) is 44.6 Å². The monoisotopic (exact) mass is 464 g/mol. The lowest BCUT2D eigenvalue weighted by molar-refractivity contribution is -0.152. The third-order valence-electron chi connectivity index (χ3n) is 7.40. The summed E-state index contributed by atoms with van der Waals surface area (Å²) in [6.45, 7) is 1.78. The summed E-state index contributed by atoms with van der Waals surface area (Å²) in [5.41, 5.74) is 4.03. The summed E-state index contributed by atoms with van der Waals surface area (Å²) in [7, 11) is 5.56. The van der Waals surface area contributed by atoms with Gasteiger partial charge in [0.2, 0.25) is 0 Å². The fourth-order valence-electron chi connectivity index (χ4n) is 5.85. The Morgan fingerprint density at radius 3 is 2.65 bits per heavy atom. The molecule has 4 unspecified atom stereocenters. The van der Waals surface area contributed by atoms with Gasteiger partial charge in [-0.15, -0.1) is 0 Å². The van der Waals surface area contributed by atoms with Crippen molar-refractivity contribution < 1.29 is 13.9 Å². The molecule has 2 N–H and O–H groups in total. The van der Waals surface area contributed by atoms with E-state index in [4.69, 9.17) is 4.74 Å². The van der Waals surface area contributed by atoms with Crippen LogP contribution in [-0.4, -0.2) is 67.1 Å². The molecular weight excluding hydrogens is 431 g/mol. The maximum absolute atomic E-state index is 15.1. The van der Waals surface area contributed by atoms with Gasteiger partial charge in [-0.3, -0.25) is 9.69 Å². The molecule has 3 heterocycles. The standard InChI is InChI=1S/C27H33FN4O2/c1-31(2)13-12-29-17-14-23(19-9-4-6-10-21(19)28)32-24(15-17)26-20(16-25(32)27(33)34-3)18-8-5-7-11-22(18)30-26/h4-11,17,23-25,29-30H,12-16H2,1-3H3. The van der Waals surface area contributed by atoms with Crippen LogP contribution in [0.1, 0.15) is 41.7 Å². The van der Waals surface area contributed by atoms with Crippen molar-refractivity contribution >= 4 is 16.9 Å². The number of carbonyl (C=O) groups is 1. The summed E-state index contributed by atoms with van der Waals surface area (Å²) in [5, 5.41) is 4.86. The van der Waals surface area contributed by atoms with E-state index in [1.807, 2.05) is 24.3 Å². The smallest absolute Gasteiger partial charge is 0.323 e. The van der Waals surface area contributed by atoms with Gasteiger partial charge in [-0.1, -0.05) is 36.4 Å². The van der Waals surface area contributed by atoms with Crippen LogP contribution >= 0.6 is 0 Å². The number of nitrogens with one attached hydrogen (secondary N) is 2. The van der Waals surface area contributed by atoms with Crippen molar-refractivity contribution in [3.63, 3.8) is 0 Å². The average molecular weight is 465 g/mol. The predicted octanol–water partition coefficient (Wildman–Crippen LogP) is 3.80. The summed E-state index contributed by atoms with van der Waals surface area (Å²) in [6.07, 6.45) is 2.12. The van der Waals surface area contributed by atoms with E-state index in [1.54, 1.807) is 6.07 Å². The number of carbonyl (C=O) groups excluding carboxylic acids is 1. The van der Waals surface area contributed by atoms with E-state index in [2.05, 4.69) is 46.3 Å². The number of benzene rings is 2. The van der Waals surface area contributed by atoms with E-state index < -0.39 is 6.04 Å². The minimum Gasteiger partial charge on any atom is -0.468 e. The first kappa shape index (κ1) is 23.0. The molecule has 2 aromatic carbocycles. The van der Waals surface area contributed by atoms with Gasteiger partial charge in [-0.2, -0.15) is 0 Å². The van der Waals surface area contributed by atoms with Crippen molar-refractivity contribution in [3.8, 4) is 0 Å². The Kier molecular flexibility index (Phi) is 6.42. The van der Waals surface area contributed by atoms with E-state index in [0.717, 1.165) is 42.5 Å². The zero-order chi connectivity index (χ0) is 23.8. The quantitative estimate of drug-likeness (QED) is 0.544. The normalized spacial score (nSPS) is 24.7. The molecule has 1 aromatic heterocycles. The van der Waals surface area contributed by atoms with Crippen LogP contribution in [0, 0.1) is 5.82 Å². The number of piperidine rings is 1. The minimum absolute atomic E-state index is 0.0459. The van der Waals surface area contributed by atoms with Crippen LogP contribution in [0.25, 0.3) is 10.9 Å². The number of hydrogen-bond donors (Lipinski definition) is 2. The Morgan fingerprint density at radius 2 is 1.88 bits per heavy atom. The third-order valence-corrected chi connectivity index (χ3v) is 7.40. The van der Waals surface area contributed by atoms with Crippen LogP contribution in [-0.2, 0) is 16.0 Å². The van der Waals surface area contributed by atoms with Gasteiger partial charge >= 0.3 is 5.97 Å². The molecule has 2 aliphatic rings. The van der Waals surface area contributed by atoms with Gasteiger partial charge in [0, 0.05) is 53.8 Å². The van der Waals surface area contributed by atoms with Gasteiger partial charge < -0.3 is 19.9 Å². The molecule has 0 radical (unpaired) electrons. The summed E-state index contributed by atoms with van der Waals surface area (Å²) in [5.74, 6) is -0.493. The number of halogens is 1. The molecule has 180 valence electrons. The van der Waals surface area contributed by atoms with Gasteiger partial charge in [0.25, 0.3) is 0 Å². The van der Waals surface area contributed by atoms with Crippen LogP contribution in [0.3, 0.4) is 0 Å². The number of esters is 1. The van der Waals surface area contributed by atoms with Gasteiger partial charge in [0.15, 0.2) is 0 Å². The second-order valence-electron chi connectivity index (χ2n) is 9.73. The van der Waals surface area contributed by atoms with Gasteiger partial charge in [0.05, 0.1) is 13.2 Å². The first-order chi connectivity index (χ1) is 16.5. The number of fused-ring (bicyclic) bond motifs is 5. The fraction of sp³-hybridized carbons (Fsp3) is 0.444. The number of para-hydroxylation sites is 1. The van der Waals surface area contributed by atoms with Crippen molar-refractivity contribution in [3.05, 3.63) is 71.2 Å². The molecule has 34 heavy (non-hydrogen) atoms. The summed E-state index contributed by atoms with van der Waals surface area (Å²) >= 11 is 0. The highest BCUT2D eigenvalue weighted by Gasteiger charge is 2.48. The Morgan fingerprint density at radius 1 is 1.15 bits per heavy atom. The summed E-state index contributed by atoms with van der Waals surface area (Å²) < 4.78 is 20.4. The number of aromatic amines is 1. The predicted molar refractivity (Wildman–Crippen MR) is 131 cm³/mol. The molecule has 0 bridgehead atoms. The number of aromatic nitrogens is 1. The minimum atomic E-state index is -0.464. The second kappa shape index (κ2) is 9.49. The molecule has 3 aromatic rings. The molecule has 2 aliphatic heterocycles. The molecule has 4 atom stereocenters. The lowest BCUT2D eigenvalue weighted by atomic mass is 9.79. The van der Waals surface area contributed by atoms with E-state index in [1.165, 1.54) is 18.7 Å². The second-order valence-corrected chi connectivity index (χ2v) is 9.73. The van der Waals surface area contributed by atoms with Crippen LogP contribution < -0.4 is 5.32 Å². The average Bonchev–Trinajstić information content (AvgIpc) is 3.21. The Hall–Kier alpha value is -2.74. The maximum atomic E-state index is 15.1. The lowest BCUT2D eigenvalue weighted by Gasteiger charge is -2.50. The Bertz CT molecular complexity index is 1180. The molecule has 1 fully saturated rings. The molecule has 0 aliphatic carbocycles.